The Hall–Kier alpha value is -1.59. The second kappa shape index (κ2) is 8.15. The fourth-order valence-electron chi connectivity index (χ4n) is 3.00. The second-order valence-electron chi connectivity index (χ2n) is 6.07. The van der Waals surface area contributed by atoms with E-state index in [9.17, 15) is 4.79 Å². The van der Waals surface area contributed by atoms with Gasteiger partial charge in [0.1, 0.15) is 6.61 Å². The quantitative estimate of drug-likeness (QED) is 0.874. The minimum atomic E-state index is -0.224. The molecular formula is C17H27N3O2. The number of ether oxygens (including phenoxy) is 1. The van der Waals surface area contributed by atoms with Gasteiger partial charge in [-0.15, -0.1) is 0 Å². The van der Waals surface area contributed by atoms with Crippen molar-refractivity contribution >= 4 is 6.09 Å². The monoisotopic (exact) mass is 305 g/mol. The molecule has 1 atom stereocenters. The van der Waals surface area contributed by atoms with Crippen molar-refractivity contribution in [3.8, 4) is 0 Å². The first-order chi connectivity index (χ1) is 10.6. The molecule has 1 amide bonds. The molecule has 0 spiro atoms. The Morgan fingerprint density at radius 2 is 2.14 bits per heavy atom. The molecule has 1 unspecified atom stereocenters. The van der Waals surface area contributed by atoms with Gasteiger partial charge in [0.25, 0.3) is 0 Å². The SMILES string of the molecule is CC(C)N(C(=O)OCc1ccccc1)C1CCN(CCN)C1. The molecule has 2 rings (SSSR count). The van der Waals surface area contributed by atoms with Crippen LogP contribution in [0, 0.1) is 0 Å². The van der Waals surface area contributed by atoms with Crippen molar-refractivity contribution in [1.82, 2.24) is 9.80 Å². The topological polar surface area (TPSA) is 58.8 Å². The number of amides is 1. The summed E-state index contributed by atoms with van der Waals surface area (Å²) in [5.41, 5.74) is 6.62. The number of likely N-dealkylation sites (tertiary alicyclic amines) is 1. The Balaban J connectivity index is 1.91. The number of nitrogens with zero attached hydrogens (tertiary/aromatic N) is 2. The standard InChI is InChI=1S/C17H27N3O2/c1-14(2)20(16-8-10-19(12-16)11-9-18)17(21)22-13-15-6-4-3-5-7-15/h3-7,14,16H,8-13,18H2,1-2H3. The normalized spacial score (nSPS) is 18.6. The predicted octanol–water partition coefficient (Wildman–Crippen LogP) is 2.07. The number of hydrogen-bond acceptors (Lipinski definition) is 4. The van der Waals surface area contributed by atoms with Crippen molar-refractivity contribution in [3.05, 3.63) is 35.9 Å². The molecule has 1 aromatic carbocycles. The third-order valence-electron chi connectivity index (χ3n) is 4.06. The summed E-state index contributed by atoms with van der Waals surface area (Å²) in [6.07, 6.45) is 0.761. The van der Waals surface area contributed by atoms with Gasteiger partial charge in [-0.3, -0.25) is 4.90 Å². The van der Waals surface area contributed by atoms with Gasteiger partial charge in [0.05, 0.1) is 0 Å². The Labute approximate surface area is 133 Å². The zero-order valence-electron chi connectivity index (χ0n) is 13.6. The average molecular weight is 305 g/mol. The third kappa shape index (κ3) is 4.45. The van der Waals surface area contributed by atoms with Crippen LogP contribution in [0.15, 0.2) is 30.3 Å². The molecule has 5 heteroatoms. The number of rotatable bonds is 6. The maximum Gasteiger partial charge on any atom is 0.410 e. The van der Waals surface area contributed by atoms with E-state index in [1.807, 2.05) is 49.1 Å². The Bertz CT molecular complexity index is 464. The summed E-state index contributed by atoms with van der Waals surface area (Å²) in [5.74, 6) is 0. The molecule has 1 aromatic rings. The number of benzene rings is 1. The van der Waals surface area contributed by atoms with Crippen LogP contribution in [0.2, 0.25) is 0 Å². The van der Waals surface area contributed by atoms with Crippen molar-refractivity contribution < 1.29 is 9.53 Å². The highest BCUT2D eigenvalue weighted by Crippen LogP contribution is 2.19. The average Bonchev–Trinajstić information content (AvgIpc) is 2.94. The van der Waals surface area contributed by atoms with Gasteiger partial charge in [-0.1, -0.05) is 30.3 Å². The van der Waals surface area contributed by atoms with Crippen LogP contribution in [0.1, 0.15) is 25.8 Å². The molecular weight excluding hydrogens is 278 g/mol. The van der Waals surface area contributed by atoms with E-state index in [4.69, 9.17) is 10.5 Å². The minimum Gasteiger partial charge on any atom is -0.445 e. The minimum absolute atomic E-state index is 0.131. The van der Waals surface area contributed by atoms with Crippen LogP contribution < -0.4 is 5.73 Å². The molecule has 0 saturated carbocycles. The Morgan fingerprint density at radius 1 is 1.41 bits per heavy atom. The molecule has 1 fully saturated rings. The number of hydrogen-bond donors (Lipinski definition) is 1. The lowest BCUT2D eigenvalue weighted by molar-refractivity contribution is 0.0685. The molecule has 0 radical (unpaired) electrons. The van der Waals surface area contributed by atoms with E-state index in [0.717, 1.165) is 31.6 Å². The predicted molar refractivity (Wildman–Crippen MR) is 87.5 cm³/mol. The molecule has 1 saturated heterocycles. The van der Waals surface area contributed by atoms with E-state index in [2.05, 4.69) is 4.90 Å². The summed E-state index contributed by atoms with van der Waals surface area (Å²) < 4.78 is 5.50. The third-order valence-corrected chi connectivity index (χ3v) is 4.06. The maximum absolute atomic E-state index is 12.5. The number of carbonyl (C=O) groups excluding carboxylic acids is 1. The Morgan fingerprint density at radius 3 is 2.77 bits per heavy atom. The van der Waals surface area contributed by atoms with Gasteiger partial charge in [0.15, 0.2) is 0 Å². The van der Waals surface area contributed by atoms with E-state index in [1.54, 1.807) is 0 Å². The molecule has 5 nitrogen and oxygen atoms in total. The summed E-state index contributed by atoms with van der Waals surface area (Å²) >= 11 is 0. The lowest BCUT2D eigenvalue weighted by atomic mass is 10.2. The maximum atomic E-state index is 12.5. The Kier molecular flexibility index (Phi) is 6.21. The summed E-state index contributed by atoms with van der Waals surface area (Å²) in [4.78, 5) is 16.7. The smallest absolute Gasteiger partial charge is 0.410 e. The van der Waals surface area contributed by atoms with Crippen molar-refractivity contribution in [2.75, 3.05) is 26.2 Å². The van der Waals surface area contributed by atoms with Gasteiger partial charge >= 0.3 is 6.09 Å². The first-order valence-electron chi connectivity index (χ1n) is 8.03. The second-order valence-corrected chi connectivity index (χ2v) is 6.07. The lowest BCUT2D eigenvalue weighted by Gasteiger charge is -2.32. The van der Waals surface area contributed by atoms with Crippen LogP contribution in [-0.4, -0.2) is 54.2 Å². The van der Waals surface area contributed by atoms with Crippen LogP contribution in [0.3, 0.4) is 0 Å². The number of carbonyl (C=O) groups is 1. The fourth-order valence-corrected chi connectivity index (χ4v) is 3.00. The molecule has 22 heavy (non-hydrogen) atoms. The van der Waals surface area contributed by atoms with E-state index < -0.39 is 0 Å². The van der Waals surface area contributed by atoms with Crippen molar-refractivity contribution in [2.24, 2.45) is 5.73 Å². The van der Waals surface area contributed by atoms with Crippen molar-refractivity contribution in [2.45, 2.75) is 39.0 Å². The lowest BCUT2D eigenvalue weighted by Crippen LogP contribution is -2.46. The fraction of sp³-hybridized carbons (Fsp3) is 0.588. The summed E-state index contributed by atoms with van der Waals surface area (Å²) in [6, 6.07) is 10.1. The van der Waals surface area contributed by atoms with E-state index in [-0.39, 0.29) is 18.2 Å². The number of nitrogens with two attached hydrogens (primary N) is 1. The first-order valence-corrected chi connectivity index (χ1v) is 8.03. The zero-order valence-corrected chi connectivity index (χ0v) is 13.6. The van der Waals surface area contributed by atoms with Gasteiger partial charge in [-0.2, -0.15) is 0 Å². The van der Waals surface area contributed by atoms with E-state index in [0.29, 0.717) is 13.2 Å². The first kappa shape index (κ1) is 16.8. The highest BCUT2D eigenvalue weighted by molar-refractivity contribution is 5.68. The molecule has 0 aromatic heterocycles. The van der Waals surface area contributed by atoms with Gasteiger partial charge < -0.3 is 15.4 Å². The highest BCUT2D eigenvalue weighted by atomic mass is 16.6. The molecule has 1 aliphatic rings. The zero-order chi connectivity index (χ0) is 15.9. The molecule has 2 N–H and O–H groups in total. The van der Waals surface area contributed by atoms with Gasteiger partial charge in [0, 0.05) is 38.3 Å². The van der Waals surface area contributed by atoms with Crippen molar-refractivity contribution in [1.29, 1.82) is 0 Å². The van der Waals surface area contributed by atoms with Crippen molar-refractivity contribution in [3.63, 3.8) is 0 Å². The van der Waals surface area contributed by atoms with Crippen LogP contribution in [0.5, 0.6) is 0 Å². The molecule has 1 heterocycles. The van der Waals surface area contributed by atoms with E-state index in [1.165, 1.54) is 0 Å². The van der Waals surface area contributed by atoms with Gasteiger partial charge in [-0.25, -0.2) is 4.79 Å². The molecule has 1 aliphatic heterocycles. The molecule has 0 bridgehead atoms. The summed E-state index contributed by atoms with van der Waals surface area (Å²) in [6.45, 7) is 7.83. The highest BCUT2D eigenvalue weighted by Gasteiger charge is 2.32. The largest absolute Gasteiger partial charge is 0.445 e. The summed E-state index contributed by atoms with van der Waals surface area (Å²) in [7, 11) is 0. The molecule has 0 aliphatic carbocycles. The van der Waals surface area contributed by atoms with Crippen LogP contribution >= 0.6 is 0 Å². The molecule has 122 valence electrons. The van der Waals surface area contributed by atoms with Crippen LogP contribution in [0.25, 0.3) is 0 Å². The van der Waals surface area contributed by atoms with Crippen LogP contribution in [-0.2, 0) is 11.3 Å². The van der Waals surface area contributed by atoms with Gasteiger partial charge in [-0.05, 0) is 25.8 Å². The summed E-state index contributed by atoms with van der Waals surface area (Å²) in [5, 5.41) is 0. The van der Waals surface area contributed by atoms with E-state index >= 15 is 0 Å². The van der Waals surface area contributed by atoms with Crippen LogP contribution in [0.4, 0.5) is 4.79 Å². The van der Waals surface area contributed by atoms with Gasteiger partial charge in [0.2, 0.25) is 0 Å².